The number of hydrogen-bond acceptors (Lipinski definition) is 5. The summed E-state index contributed by atoms with van der Waals surface area (Å²) < 4.78 is 0. The van der Waals surface area contributed by atoms with E-state index in [4.69, 9.17) is 0 Å². The molecule has 2 aliphatic rings. The van der Waals surface area contributed by atoms with E-state index in [9.17, 15) is 24.3 Å². The van der Waals surface area contributed by atoms with Gasteiger partial charge in [-0.3, -0.25) is 24.5 Å². The Labute approximate surface area is 172 Å². The Bertz CT molecular complexity index is 1030. The third-order valence-electron chi connectivity index (χ3n) is 5.46. The Morgan fingerprint density at radius 3 is 2.63 bits per heavy atom. The number of aromatic hydroxyl groups is 1. The summed E-state index contributed by atoms with van der Waals surface area (Å²) >= 11 is 0. The lowest BCUT2D eigenvalue weighted by atomic mass is 10.0. The number of nitrogens with one attached hydrogen (secondary N) is 2. The molecule has 2 aromatic carbocycles. The van der Waals surface area contributed by atoms with Crippen LogP contribution < -0.4 is 10.6 Å². The highest BCUT2D eigenvalue weighted by atomic mass is 16.3. The molecule has 0 bridgehead atoms. The van der Waals surface area contributed by atoms with E-state index < -0.39 is 11.9 Å². The highest BCUT2D eigenvalue weighted by Crippen LogP contribution is 2.29. The maximum atomic E-state index is 12.8. The number of carbonyl (C=O) groups excluding carboxylic acids is 4. The van der Waals surface area contributed by atoms with E-state index in [1.54, 1.807) is 24.3 Å². The van der Waals surface area contributed by atoms with Crippen LogP contribution in [0.5, 0.6) is 5.75 Å². The van der Waals surface area contributed by atoms with E-state index >= 15 is 0 Å². The number of phenols is 1. The summed E-state index contributed by atoms with van der Waals surface area (Å²) in [6.07, 6.45) is 0.691. The molecule has 3 N–H and O–H groups in total. The summed E-state index contributed by atoms with van der Waals surface area (Å²) in [5, 5.41) is 14.5. The van der Waals surface area contributed by atoms with Gasteiger partial charge < -0.3 is 15.3 Å². The van der Waals surface area contributed by atoms with Crippen LogP contribution >= 0.6 is 0 Å². The van der Waals surface area contributed by atoms with Crippen molar-refractivity contribution in [2.24, 2.45) is 0 Å². The number of carbonyl (C=O) groups is 4. The molecule has 2 heterocycles. The molecule has 0 radical (unpaired) electrons. The number of rotatable bonds is 5. The predicted molar refractivity (Wildman–Crippen MR) is 106 cm³/mol. The molecular formula is C22H21N3O5. The van der Waals surface area contributed by atoms with Crippen LogP contribution in [0.1, 0.15) is 39.9 Å². The van der Waals surface area contributed by atoms with E-state index in [1.165, 1.54) is 17.0 Å². The van der Waals surface area contributed by atoms with Crippen molar-refractivity contribution in [3.05, 3.63) is 64.7 Å². The first-order chi connectivity index (χ1) is 14.4. The Balaban J connectivity index is 1.43. The molecule has 30 heavy (non-hydrogen) atoms. The van der Waals surface area contributed by atoms with Crippen molar-refractivity contribution in [2.45, 2.75) is 38.4 Å². The van der Waals surface area contributed by atoms with Crippen molar-refractivity contribution in [1.82, 2.24) is 15.5 Å². The lowest BCUT2D eigenvalue weighted by Crippen LogP contribution is -2.52. The van der Waals surface area contributed by atoms with E-state index in [1.807, 2.05) is 6.07 Å². The molecule has 1 atom stereocenters. The van der Waals surface area contributed by atoms with Gasteiger partial charge in [0.15, 0.2) is 0 Å². The minimum Gasteiger partial charge on any atom is -0.508 e. The topological polar surface area (TPSA) is 116 Å². The average molecular weight is 407 g/mol. The minimum absolute atomic E-state index is 0.143. The molecule has 0 aliphatic carbocycles. The third-order valence-corrected chi connectivity index (χ3v) is 5.46. The second kappa shape index (κ2) is 7.98. The highest BCUT2D eigenvalue weighted by molar-refractivity contribution is 6.05. The molecule has 8 heteroatoms. The first-order valence-electron chi connectivity index (χ1n) is 9.72. The SMILES string of the molecule is O=C(Cc1ccc(O)cc1)NCc1cccc2c1CN(C1CCC(=O)NC1=O)C2=O. The number of piperidine rings is 1. The van der Waals surface area contributed by atoms with Gasteiger partial charge in [0.1, 0.15) is 11.8 Å². The number of benzene rings is 2. The van der Waals surface area contributed by atoms with Crippen LogP contribution in [0.15, 0.2) is 42.5 Å². The molecule has 154 valence electrons. The Hall–Kier alpha value is -3.68. The zero-order valence-electron chi connectivity index (χ0n) is 16.2. The zero-order chi connectivity index (χ0) is 21.3. The smallest absolute Gasteiger partial charge is 0.255 e. The van der Waals surface area contributed by atoms with Crippen molar-refractivity contribution in [3.8, 4) is 5.75 Å². The van der Waals surface area contributed by atoms with Gasteiger partial charge >= 0.3 is 0 Å². The lowest BCUT2D eigenvalue weighted by molar-refractivity contribution is -0.137. The van der Waals surface area contributed by atoms with Gasteiger partial charge in [0.25, 0.3) is 5.91 Å². The molecule has 1 fully saturated rings. The van der Waals surface area contributed by atoms with E-state index in [2.05, 4.69) is 10.6 Å². The fourth-order valence-electron chi connectivity index (χ4n) is 3.87. The molecule has 0 aromatic heterocycles. The Morgan fingerprint density at radius 2 is 1.90 bits per heavy atom. The molecule has 2 aliphatic heterocycles. The summed E-state index contributed by atoms with van der Waals surface area (Å²) in [7, 11) is 0. The van der Waals surface area contributed by atoms with Gasteiger partial charge in [-0.05, 0) is 41.3 Å². The summed E-state index contributed by atoms with van der Waals surface area (Å²) in [6.45, 7) is 0.529. The number of nitrogens with zero attached hydrogens (tertiary/aromatic N) is 1. The van der Waals surface area contributed by atoms with Gasteiger partial charge in [-0.2, -0.15) is 0 Å². The molecule has 8 nitrogen and oxygen atoms in total. The second-order valence-electron chi connectivity index (χ2n) is 7.46. The van der Waals surface area contributed by atoms with Crippen molar-refractivity contribution in [1.29, 1.82) is 0 Å². The van der Waals surface area contributed by atoms with Crippen LogP contribution in [-0.4, -0.2) is 39.7 Å². The van der Waals surface area contributed by atoms with Gasteiger partial charge in [-0.1, -0.05) is 24.3 Å². The fraction of sp³-hybridized carbons (Fsp3) is 0.273. The molecule has 4 rings (SSSR count). The van der Waals surface area contributed by atoms with Crippen LogP contribution in [0.25, 0.3) is 0 Å². The molecule has 1 unspecified atom stereocenters. The number of fused-ring (bicyclic) bond motifs is 1. The van der Waals surface area contributed by atoms with Gasteiger partial charge in [0, 0.05) is 25.1 Å². The van der Waals surface area contributed by atoms with Crippen LogP contribution in [0.3, 0.4) is 0 Å². The van der Waals surface area contributed by atoms with Crippen LogP contribution in [0.2, 0.25) is 0 Å². The van der Waals surface area contributed by atoms with E-state index in [-0.39, 0.29) is 49.4 Å². The lowest BCUT2D eigenvalue weighted by Gasteiger charge is -2.29. The standard InChI is InChI=1S/C22H21N3O5/c26-15-6-4-13(5-7-15)10-20(28)23-11-14-2-1-3-16-17(14)12-25(22(16)30)18-8-9-19(27)24-21(18)29/h1-7,18,26H,8-12H2,(H,23,28)(H,24,27,29). The summed E-state index contributed by atoms with van der Waals surface area (Å²) in [5.41, 5.74) is 2.90. The number of imide groups is 1. The Morgan fingerprint density at radius 1 is 1.13 bits per heavy atom. The van der Waals surface area contributed by atoms with Crippen molar-refractivity contribution in [3.63, 3.8) is 0 Å². The monoisotopic (exact) mass is 407 g/mol. The van der Waals surface area contributed by atoms with Crippen LogP contribution in [0.4, 0.5) is 0 Å². The quantitative estimate of drug-likeness (QED) is 0.640. The predicted octanol–water partition coefficient (Wildman–Crippen LogP) is 1.01. The number of hydrogen-bond donors (Lipinski definition) is 3. The van der Waals surface area contributed by atoms with E-state index in [0.717, 1.165) is 16.7 Å². The maximum Gasteiger partial charge on any atom is 0.255 e. The number of amides is 4. The summed E-state index contributed by atoms with van der Waals surface area (Å²) in [4.78, 5) is 50.2. The van der Waals surface area contributed by atoms with Gasteiger partial charge in [0.2, 0.25) is 17.7 Å². The largest absolute Gasteiger partial charge is 0.508 e. The normalized spacial score (nSPS) is 18.2. The number of phenolic OH excluding ortho intramolecular Hbond substituents is 1. The first kappa shape index (κ1) is 19.6. The third kappa shape index (κ3) is 3.89. The van der Waals surface area contributed by atoms with Crippen molar-refractivity contribution in [2.75, 3.05) is 0 Å². The summed E-state index contributed by atoms with van der Waals surface area (Å²) in [5.74, 6) is -1.04. The molecule has 1 saturated heterocycles. The fourth-order valence-corrected chi connectivity index (χ4v) is 3.87. The molecule has 2 aromatic rings. The average Bonchev–Trinajstić information content (AvgIpc) is 3.05. The van der Waals surface area contributed by atoms with Gasteiger partial charge in [-0.25, -0.2) is 0 Å². The molecule has 0 saturated carbocycles. The maximum absolute atomic E-state index is 12.8. The molecule has 0 spiro atoms. The minimum atomic E-state index is -0.667. The van der Waals surface area contributed by atoms with Crippen LogP contribution in [0, 0.1) is 0 Å². The van der Waals surface area contributed by atoms with E-state index in [0.29, 0.717) is 12.0 Å². The summed E-state index contributed by atoms with van der Waals surface area (Å²) in [6, 6.07) is 11.1. The Kier molecular flexibility index (Phi) is 5.22. The first-order valence-corrected chi connectivity index (χ1v) is 9.72. The highest BCUT2D eigenvalue weighted by Gasteiger charge is 2.39. The molecule has 4 amide bonds. The van der Waals surface area contributed by atoms with Crippen molar-refractivity contribution >= 4 is 23.6 Å². The van der Waals surface area contributed by atoms with Crippen LogP contribution in [-0.2, 0) is 33.9 Å². The van der Waals surface area contributed by atoms with Gasteiger partial charge in [0.05, 0.1) is 6.42 Å². The van der Waals surface area contributed by atoms with Crippen molar-refractivity contribution < 1.29 is 24.3 Å². The molecular weight excluding hydrogens is 386 g/mol. The van der Waals surface area contributed by atoms with Gasteiger partial charge in [-0.15, -0.1) is 0 Å². The zero-order valence-corrected chi connectivity index (χ0v) is 16.2. The second-order valence-corrected chi connectivity index (χ2v) is 7.46.